The van der Waals surface area contributed by atoms with E-state index in [2.05, 4.69) is 32.6 Å². The fraction of sp³-hybridized carbons (Fsp3) is 0.500. The molecule has 1 N–H and O–H groups in total. The van der Waals surface area contributed by atoms with Crippen LogP contribution in [0.5, 0.6) is 0 Å². The Balaban J connectivity index is 2.83. The first-order valence-corrected chi connectivity index (χ1v) is 6.42. The van der Waals surface area contributed by atoms with Gasteiger partial charge in [0.05, 0.1) is 0 Å². The summed E-state index contributed by atoms with van der Waals surface area (Å²) in [7, 11) is 0. The molecule has 0 bridgehead atoms. The maximum atomic E-state index is 10.4. The molecule has 0 unspecified atom stereocenters. The zero-order valence-electron chi connectivity index (χ0n) is 11.1. The Kier molecular flexibility index (Phi) is 5.25. The van der Waals surface area contributed by atoms with E-state index in [0.29, 0.717) is 0 Å². The highest BCUT2D eigenvalue weighted by atomic mass is 16.3. The van der Waals surface area contributed by atoms with Crippen LogP contribution in [-0.4, -0.2) is 10.7 Å². The van der Waals surface area contributed by atoms with Crippen molar-refractivity contribution in [1.82, 2.24) is 0 Å². The monoisotopic (exact) mass is 230 g/mol. The van der Waals surface area contributed by atoms with Crippen LogP contribution >= 0.6 is 0 Å². The summed E-state index contributed by atoms with van der Waals surface area (Å²) >= 11 is 0. The van der Waals surface area contributed by atoms with Crippen molar-refractivity contribution in [3.8, 4) is 11.8 Å². The zero-order valence-corrected chi connectivity index (χ0v) is 11.1. The molecule has 1 aromatic carbocycles. The van der Waals surface area contributed by atoms with Crippen LogP contribution in [0.3, 0.4) is 0 Å². The molecule has 1 heteroatoms. The lowest BCUT2D eigenvalue weighted by molar-refractivity contribution is 0.0807. The minimum absolute atomic E-state index is 0.750. The van der Waals surface area contributed by atoms with E-state index in [1.165, 1.54) is 5.56 Å². The lowest BCUT2D eigenvalue weighted by atomic mass is 9.93. The van der Waals surface area contributed by atoms with Gasteiger partial charge in [0.15, 0.2) is 0 Å². The quantitative estimate of drug-likeness (QED) is 0.782. The molecule has 0 aliphatic rings. The first-order chi connectivity index (χ1) is 8.09. The summed E-state index contributed by atoms with van der Waals surface area (Å²) in [6.07, 6.45) is 3.41. The van der Waals surface area contributed by atoms with Crippen LogP contribution in [0.4, 0.5) is 0 Å². The first-order valence-electron chi connectivity index (χ1n) is 6.42. The maximum absolute atomic E-state index is 10.4. The molecule has 0 saturated carbocycles. The third kappa shape index (κ3) is 4.63. The van der Waals surface area contributed by atoms with Crippen LogP contribution < -0.4 is 0 Å². The summed E-state index contributed by atoms with van der Waals surface area (Å²) < 4.78 is 0. The molecule has 0 aliphatic heterocycles. The Hall–Kier alpha value is -1.26. The minimum Gasteiger partial charge on any atom is -0.378 e. The maximum Gasteiger partial charge on any atom is 0.125 e. The average Bonchev–Trinajstić information content (AvgIpc) is 2.29. The Morgan fingerprint density at radius 1 is 1.06 bits per heavy atom. The highest BCUT2D eigenvalue weighted by Gasteiger charge is 2.21. The molecular formula is C16H22O. The van der Waals surface area contributed by atoms with Crippen molar-refractivity contribution in [2.75, 3.05) is 0 Å². The number of aryl methyl sites for hydroxylation is 1. The van der Waals surface area contributed by atoms with Gasteiger partial charge in [-0.3, -0.25) is 0 Å². The van der Waals surface area contributed by atoms with E-state index in [0.717, 1.165) is 31.2 Å². The average molecular weight is 230 g/mol. The predicted octanol–water partition coefficient (Wildman–Crippen LogP) is 3.68. The van der Waals surface area contributed by atoms with Crippen LogP contribution in [0, 0.1) is 18.8 Å². The molecule has 1 nitrogen and oxygen atoms in total. The summed E-state index contributed by atoms with van der Waals surface area (Å²) in [5, 5.41) is 10.4. The highest BCUT2D eigenvalue weighted by molar-refractivity contribution is 5.37. The second kappa shape index (κ2) is 6.47. The summed E-state index contributed by atoms with van der Waals surface area (Å²) in [5.74, 6) is 6.12. The van der Waals surface area contributed by atoms with Crippen LogP contribution in [-0.2, 0) is 0 Å². The van der Waals surface area contributed by atoms with E-state index in [-0.39, 0.29) is 0 Å². The van der Waals surface area contributed by atoms with Crippen molar-refractivity contribution in [1.29, 1.82) is 0 Å². The SMILES string of the molecule is CCCC(O)(C#Cc1ccc(C)cc1)CCC. The largest absolute Gasteiger partial charge is 0.378 e. The van der Waals surface area contributed by atoms with E-state index in [4.69, 9.17) is 0 Å². The van der Waals surface area contributed by atoms with Gasteiger partial charge in [0, 0.05) is 5.56 Å². The van der Waals surface area contributed by atoms with E-state index in [1.54, 1.807) is 0 Å². The third-order valence-electron chi connectivity index (χ3n) is 2.82. The van der Waals surface area contributed by atoms with E-state index in [1.807, 2.05) is 24.3 Å². The molecule has 0 saturated heterocycles. The molecule has 1 aromatic rings. The molecule has 1 rings (SSSR count). The van der Waals surface area contributed by atoms with Crippen LogP contribution in [0.15, 0.2) is 24.3 Å². The van der Waals surface area contributed by atoms with Crippen molar-refractivity contribution in [3.05, 3.63) is 35.4 Å². The number of benzene rings is 1. The third-order valence-corrected chi connectivity index (χ3v) is 2.82. The number of hydrogen-bond donors (Lipinski definition) is 1. The van der Waals surface area contributed by atoms with Gasteiger partial charge in [-0.25, -0.2) is 0 Å². The summed E-state index contributed by atoms with van der Waals surface area (Å²) in [4.78, 5) is 0. The van der Waals surface area contributed by atoms with Crippen LogP contribution in [0.1, 0.15) is 50.7 Å². The molecule has 0 heterocycles. The van der Waals surface area contributed by atoms with Crippen molar-refractivity contribution in [2.24, 2.45) is 0 Å². The van der Waals surface area contributed by atoms with Gasteiger partial charge in [-0.15, -0.1) is 0 Å². The standard InChI is InChI=1S/C16H22O/c1-4-11-16(17,12-5-2)13-10-15-8-6-14(3)7-9-15/h6-9,17H,4-5,11-12H2,1-3H3. The summed E-state index contributed by atoms with van der Waals surface area (Å²) in [6, 6.07) is 8.09. The molecule has 0 fully saturated rings. The predicted molar refractivity (Wildman–Crippen MR) is 72.8 cm³/mol. The van der Waals surface area contributed by atoms with Gasteiger partial charge in [0.2, 0.25) is 0 Å². The fourth-order valence-corrected chi connectivity index (χ4v) is 1.90. The van der Waals surface area contributed by atoms with Gasteiger partial charge in [-0.2, -0.15) is 0 Å². The Labute approximate surface area is 105 Å². The van der Waals surface area contributed by atoms with Crippen molar-refractivity contribution in [3.63, 3.8) is 0 Å². The molecule has 0 aromatic heterocycles. The minimum atomic E-state index is -0.811. The number of aliphatic hydroxyl groups is 1. The van der Waals surface area contributed by atoms with Gasteiger partial charge in [0.1, 0.15) is 5.60 Å². The molecule has 92 valence electrons. The van der Waals surface area contributed by atoms with Gasteiger partial charge in [-0.05, 0) is 31.9 Å². The fourth-order valence-electron chi connectivity index (χ4n) is 1.90. The Morgan fingerprint density at radius 2 is 1.59 bits per heavy atom. The van der Waals surface area contributed by atoms with E-state index < -0.39 is 5.60 Å². The number of rotatable bonds is 4. The Bertz CT molecular complexity index is 386. The molecule has 17 heavy (non-hydrogen) atoms. The molecule has 0 aliphatic carbocycles. The van der Waals surface area contributed by atoms with Gasteiger partial charge >= 0.3 is 0 Å². The van der Waals surface area contributed by atoms with Gasteiger partial charge in [0.25, 0.3) is 0 Å². The highest BCUT2D eigenvalue weighted by Crippen LogP contribution is 2.18. The van der Waals surface area contributed by atoms with E-state index in [9.17, 15) is 5.11 Å². The molecule has 0 spiro atoms. The van der Waals surface area contributed by atoms with Gasteiger partial charge < -0.3 is 5.11 Å². The lowest BCUT2D eigenvalue weighted by Gasteiger charge is -2.20. The summed E-state index contributed by atoms with van der Waals surface area (Å²) in [5.41, 5.74) is 1.39. The van der Waals surface area contributed by atoms with Crippen molar-refractivity contribution < 1.29 is 5.11 Å². The van der Waals surface area contributed by atoms with Crippen molar-refractivity contribution in [2.45, 2.75) is 52.1 Å². The molecule has 0 atom stereocenters. The second-order valence-electron chi connectivity index (χ2n) is 4.65. The second-order valence-corrected chi connectivity index (χ2v) is 4.65. The molecular weight excluding hydrogens is 208 g/mol. The lowest BCUT2D eigenvalue weighted by Crippen LogP contribution is -2.25. The van der Waals surface area contributed by atoms with E-state index >= 15 is 0 Å². The number of hydrogen-bond acceptors (Lipinski definition) is 1. The van der Waals surface area contributed by atoms with Gasteiger partial charge in [-0.1, -0.05) is 56.2 Å². The summed E-state index contributed by atoms with van der Waals surface area (Å²) in [6.45, 7) is 6.21. The Morgan fingerprint density at radius 3 is 2.06 bits per heavy atom. The molecule has 0 amide bonds. The van der Waals surface area contributed by atoms with Crippen molar-refractivity contribution >= 4 is 0 Å². The van der Waals surface area contributed by atoms with Crippen LogP contribution in [0.2, 0.25) is 0 Å². The normalized spacial score (nSPS) is 10.8. The zero-order chi connectivity index (χ0) is 12.7. The van der Waals surface area contributed by atoms with Crippen LogP contribution in [0.25, 0.3) is 0 Å². The smallest absolute Gasteiger partial charge is 0.125 e. The topological polar surface area (TPSA) is 20.2 Å². The first kappa shape index (κ1) is 13.8. The molecule has 0 radical (unpaired) electrons.